The van der Waals surface area contributed by atoms with E-state index in [1.807, 2.05) is 6.92 Å². The Morgan fingerprint density at radius 2 is 2.47 bits per heavy atom. The Labute approximate surface area is 100 Å². The molecule has 1 heterocycles. The van der Waals surface area contributed by atoms with Crippen molar-refractivity contribution in [2.45, 2.75) is 25.8 Å². The van der Waals surface area contributed by atoms with Crippen LogP contribution in [0, 0.1) is 0 Å². The molecular weight excluding hydrogens is 226 g/mol. The van der Waals surface area contributed by atoms with Gasteiger partial charge in [0.1, 0.15) is 6.04 Å². The van der Waals surface area contributed by atoms with Crippen molar-refractivity contribution in [1.82, 2.24) is 4.90 Å². The Morgan fingerprint density at radius 1 is 1.71 bits per heavy atom. The van der Waals surface area contributed by atoms with E-state index in [9.17, 15) is 4.79 Å². The zero-order chi connectivity index (χ0) is 12.7. The van der Waals surface area contributed by atoms with Gasteiger partial charge in [0.25, 0.3) is 0 Å². The lowest BCUT2D eigenvalue weighted by molar-refractivity contribution is 0.00951. The number of amidine groups is 1. The van der Waals surface area contributed by atoms with Gasteiger partial charge in [0, 0.05) is 6.54 Å². The second-order valence-corrected chi connectivity index (χ2v) is 3.78. The Balaban J connectivity index is 2.55. The molecule has 1 saturated heterocycles. The number of hydrogen-bond acceptors (Lipinski definition) is 5. The molecular formula is C10H19N3O4. The van der Waals surface area contributed by atoms with Gasteiger partial charge >= 0.3 is 6.09 Å². The summed E-state index contributed by atoms with van der Waals surface area (Å²) in [5.41, 5.74) is 5.50. The van der Waals surface area contributed by atoms with Crippen molar-refractivity contribution in [3.05, 3.63) is 0 Å². The van der Waals surface area contributed by atoms with Crippen LogP contribution in [0.5, 0.6) is 0 Å². The number of hydrogen-bond donors (Lipinski definition) is 2. The summed E-state index contributed by atoms with van der Waals surface area (Å²) >= 11 is 0. The van der Waals surface area contributed by atoms with Crippen LogP contribution in [0.1, 0.15) is 19.8 Å². The highest BCUT2D eigenvalue weighted by Crippen LogP contribution is 2.09. The molecule has 7 nitrogen and oxygen atoms in total. The van der Waals surface area contributed by atoms with E-state index in [1.54, 1.807) is 0 Å². The van der Waals surface area contributed by atoms with Gasteiger partial charge in [0.2, 0.25) is 0 Å². The van der Waals surface area contributed by atoms with Crippen LogP contribution >= 0.6 is 0 Å². The third-order valence-electron chi connectivity index (χ3n) is 2.54. The molecule has 1 amide bonds. The average Bonchev–Trinajstić information content (AvgIpc) is 2.38. The van der Waals surface area contributed by atoms with Gasteiger partial charge < -0.3 is 20.4 Å². The highest BCUT2D eigenvalue weighted by molar-refractivity contribution is 5.88. The summed E-state index contributed by atoms with van der Waals surface area (Å²) in [5, 5.41) is 11.5. The van der Waals surface area contributed by atoms with Crippen LogP contribution < -0.4 is 5.73 Å². The monoisotopic (exact) mass is 245 g/mol. The van der Waals surface area contributed by atoms with E-state index in [4.69, 9.17) is 20.4 Å². The fraction of sp³-hybridized carbons (Fsp3) is 0.800. The fourth-order valence-electron chi connectivity index (χ4n) is 1.52. The van der Waals surface area contributed by atoms with E-state index in [2.05, 4.69) is 5.16 Å². The molecule has 0 aliphatic carbocycles. The van der Waals surface area contributed by atoms with Gasteiger partial charge in [-0.05, 0) is 6.42 Å². The number of unbranched alkanes of at least 4 members (excludes halogenated alkanes) is 1. The van der Waals surface area contributed by atoms with Gasteiger partial charge in [-0.15, -0.1) is 0 Å². The maximum atomic E-state index is 11.8. The lowest BCUT2D eigenvalue weighted by Crippen LogP contribution is -2.55. The average molecular weight is 245 g/mol. The first kappa shape index (κ1) is 13.6. The summed E-state index contributed by atoms with van der Waals surface area (Å²) in [7, 11) is 0. The summed E-state index contributed by atoms with van der Waals surface area (Å²) in [6, 6.07) is -0.553. The summed E-state index contributed by atoms with van der Waals surface area (Å²) < 4.78 is 10.3. The lowest BCUT2D eigenvalue weighted by Gasteiger charge is -2.33. The van der Waals surface area contributed by atoms with Crippen LogP contribution in [0.2, 0.25) is 0 Å². The number of nitrogens with zero attached hydrogens (tertiary/aromatic N) is 2. The maximum absolute atomic E-state index is 11.8. The second-order valence-electron chi connectivity index (χ2n) is 3.78. The number of nitrogens with two attached hydrogens (primary N) is 1. The van der Waals surface area contributed by atoms with Crippen LogP contribution in [-0.2, 0) is 9.47 Å². The molecule has 0 aromatic rings. The van der Waals surface area contributed by atoms with Crippen LogP contribution in [0.4, 0.5) is 4.79 Å². The molecule has 1 aliphatic rings. The van der Waals surface area contributed by atoms with Gasteiger partial charge in [-0.2, -0.15) is 0 Å². The van der Waals surface area contributed by atoms with E-state index in [1.165, 1.54) is 4.90 Å². The predicted octanol–water partition coefficient (Wildman–Crippen LogP) is 0.370. The van der Waals surface area contributed by atoms with E-state index in [0.29, 0.717) is 19.8 Å². The molecule has 0 spiro atoms. The molecule has 7 heteroatoms. The summed E-state index contributed by atoms with van der Waals surface area (Å²) in [4.78, 5) is 13.2. The van der Waals surface area contributed by atoms with Gasteiger partial charge in [-0.25, -0.2) is 4.79 Å². The minimum absolute atomic E-state index is 0.0443. The van der Waals surface area contributed by atoms with Crippen molar-refractivity contribution in [3.8, 4) is 0 Å². The Hall–Kier alpha value is -1.50. The summed E-state index contributed by atoms with van der Waals surface area (Å²) in [5.74, 6) is -0.0443. The molecule has 0 aromatic heterocycles. The van der Waals surface area contributed by atoms with E-state index >= 15 is 0 Å². The molecule has 3 N–H and O–H groups in total. The fourth-order valence-corrected chi connectivity index (χ4v) is 1.52. The summed E-state index contributed by atoms with van der Waals surface area (Å²) in [6.07, 6.45) is 1.34. The van der Waals surface area contributed by atoms with Crippen molar-refractivity contribution in [2.24, 2.45) is 10.9 Å². The molecule has 98 valence electrons. The number of carbonyl (C=O) groups is 1. The van der Waals surface area contributed by atoms with Crippen molar-refractivity contribution < 1.29 is 19.5 Å². The zero-order valence-corrected chi connectivity index (χ0v) is 9.96. The molecule has 0 aromatic carbocycles. The van der Waals surface area contributed by atoms with Gasteiger partial charge in [0.15, 0.2) is 5.84 Å². The smallest absolute Gasteiger partial charge is 0.410 e. The number of oxime groups is 1. The molecule has 0 bridgehead atoms. The maximum Gasteiger partial charge on any atom is 0.410 e. The highest BCUT2D eigenvalue weighted by Gasteiger charge is 2.31. The van der Waals surface area contributed by atoms with Crippen molar-refractivity contribution in [3.63, 3.8) is 0 Å². The number of carbonyl (C=O) groups excluding carboxylic acids is 1. The van der Waals surface area contributed by atoms with Gasteiger partial charge in [-0.1, -0.05) is 18.5 Å². The van der Waals surface area contributed by atoms with E-state index < -0.39 is 12.1 Å². The molecule has 17 heavy (non-hydrogen) atoms. The topological polar surface area (TPSA) is 97.4 Å². The van der Waals surface area contributed by atoms with Crippen LogP contribution in [0.3, 0.4) is 0 Å². The van der Waals surface area contributed by atoms with Gasteiger partial charge in [0.05, 0.1) is 19.8 Å². The third kappa shape index (κ3) is 3.77. The Kier molecular flexibility index (Phi) is 5.55. The Bertz CT molecular complexity index is 283. The van der Waals surface area contributed by atoms with Crippen molar-refractivity contribution in [2.75, 3.05) is 26.4 Å². The molecule has 1 unspecified atom stereocenters. The standard InChI is InChI=1S/C10H19N3O4/c1-2-3-5-17-10(14)13-4-6-16-7-8(13)9(11)12-15/h8,15H,2-7H2,1H3,(H2,11,12). The second kappa shape index (κ2) is 6.95. The quantitative estimate of drug-likeness (QED) is 0.245. The summed E-state index contributed by atoms with van der Waals surface area (Å²) in [6.45, 7) is 3.43. The first-order chi connectivity index (χ1) is 8.20. The predicted molar refractivity (Wildman–Crippen MR) is 61.0 cm³/mol. The molecule has 1 aliphatic heterocycles. The largest absolute Gasteiger partial charge is 0.449 e. The zero-order valence-electron chi connectivity index (χ0n) is 9.96. The first-order valence-electron chi connectivity index (χ1n) is 5.69. The minimum atomic E-state index is -0.553. The number of rotatable bonds is 4. The molecule has 1 fully saturated rings. The first-order valence-corrected chi connectivity index (χ1v) is 5.69. The van der Waals surface area contributed by atoms with Crippen molar-refractivity contribution >= 4 is 11.9 Å². The highest BCUT2D eigenvalue weighted by atomic mass is 16.6. The van der Waals surface area contributed by atoms with Crippen LogP contribution in [0.25, 0.3) is 0 Å². The lowest BCUT2D eigenvalue weighted by atomic mass is 10.2. The number of morpholine rings is 1. The molecule has 0 saturated carbocycles. The molecule has 1 rings (SSSR count). The van der Waals surface area contributed by atoms with Crippen molar-refractivity contribution in [1.29, 1.82) is 0 Å². The van der Waals surface area contributed by atoms with Crippen LogP contribution in [0.15, 0.2) is 5.16 Å². The third-order valence-corrected chi connectivity index (χ3v) is 2.54. The normalized spacial score (nSPS) is 21.4. The van der Waals surface area contributed by atoms with Gasteiger partial charge in [-0.3, -0.25) is 4.90 Å². The van der Waals surface area contributed by atoms with Crippen LogP contribution in [-0.4, -0.2) is 54.4 Å². The number of ether oxygens (including phenoxy) is 2. The number of amides is 1. The Morgan fingerprint density at radius 3 is 3.12 bits per heavy atom. The minimum Gasteiger partial charge on any atom is -0.449 e. The SMILES string of the molecule is CCCCOC(=O)N1CCOCC1/C(N)=N/O. The molecule has 1 atom stereocenters. The van der Waals surface area contributed by atoms with E-state index in [0.717, 1.165) is 12.8 Å². The molecule has 0 radical (unpaired) electrons. The van der Waals surface area contributed by atoms with E-state index in [-0.39, 0.29) is 12.4 Å².